The van der Waals surface area contributed by atoms with Gasteiger partial charge in [-0.1, -0.05) is 50.2 Å². The van der Waals surface area contributed by atoms with Crippen molar-refractivity contribution in [1.82, 2.24) is 0 Å². The van der Waals surface area contributed by atoms with E-state index >= 15 is 0 Å². The van der Waals surface area contributed by atoms with Crippen LogP contribution < -0.4 is 4.90 Å². The topological polar surface area (TPSA) is 46.6 Å². The molecular formula is C22H23NO3. The van der Waals surface area contributed by atoms with Crippen molar-refractivity contribution in [3.63, 3.8) is 0 Å². The van der Waals surface area contributed by atoms with Gasteiger partial charge in [-0.25, -0.2) is 0 Å². The Balaban J connectivity index is 1.86. The lowest BCUT2D eigenvalue weighted by Crippen LogP contribution is -2.53. The maximum absolute atomic E-state index is 13.9. The molecule has 0 N–H and O–H groups in total. The molecular weight excluding hydrogens is 326 g/mol. The lowest BCUT2D eigenvalue weighted by atomic mass is 9.66. The van der Waals surface area contributed by atoms with Crippen molar-refractivity contribution in [3.05, 3.63) is 60.7 Å². The molecule has 2 fully saturated rings. The van der Waals surface area contributed by atoms with Crippen molar-refractivity contribution < 1.29 is 14.3 Å². The number of anilines is 2. The molecule has 1 saturated carbocycles. The first kappa shape index (κ1) is 16.8. The summed E-state index contributed by atoms with van der Waals surface area (Å²) in [4.78, 5) is 28.2. The smallest absolute Gasteiger partial charge is 0.313 e. The van der Waals surface area contributed by atoms with E-state index in [2.05, 4.69) is 0 Å². The minimum Gasteiger partial charge on any atom is -0.448 e. The molecule has 4 rings (SSSR count). The fourth-order valence-corrected chi connectivity index (χ4v) is 4.44. The van der Waals surface area contributed by atoms with Crippen LogP contribution in [0.15, 0.2) is 60.7 Å². The predicted molar refractivity (Wildman–Crippen MR) is 100.0 cm³/mol. The summed E-state index contributed by atoms with van der Waals surface area (Å²) in [6.45, 7) is 5.89. The molecule has 26 heavy (non-hydrogen) atoms. The molecule has 0 spiro atoms. The summed E-state index contributed by atoms with van der Waals surface area (Å²) in [6, 6.07) is 19.1. The summed E-state index contributed by atoms with van der Waals surface area (Å²) in [7, 11) is 0. The van der Waals surface area contributed by atoms with Gasteiger partial charge in [0.15, 0.2) is 5.60 Å². The van der Waals surface area contributed by atoms with Crippen LogP contribution >= 0.6 is 0 Å². The van der Waals surface area contributed by atoms with Crippen LogP contribution in [0.3, 0.4) is 0 Å². The summed E-state index contributed by atoms with van der Waals surface area (Å²) in [5.74, 6) is -0.433. The lowest BCUT2D eigenvalue weighted by Gasteiger charge is -2.39. The van der Waals surface area contributed by atoms with Gasteiger partial charge in [-0.15, -0.1) is 0 Å². The molecule has 134 valence electrons. The van der Waals surface area contributed by atoms with E-state index in [1.54, 1.807) is 4.90 Å². The van der Waals surface area contributed by atoms with E-state index in [1.807, 2.05) is 81.4 Å². The number of fused-ring (bicyclic) bond motifs is 2. The first-order chi connectivity index (χ1) is 12.3. The van der Waals surface area contributed by atoms with Crippen LogP contribution in [0.4, 0.5) is 11.4 Å². The molecule has 0 aromatic heterocycles. The number of benzene rings is 2. The molecule has 1 aliphatic heterocycles. The van der Waals surface area contributed by atoms with Gasteiger partial charge in [0.1, 0.15) is 0 Å². The molecule has 1 heterocycles. The van der Waals surface area contributed by atoms with Gasteiger partial charge in [-0.3, -0.25) is 14.5 Å². The largest absolute Gasteiger partial charge is 0.448 e. The van der Waals surface area contributed by atoms with E-state index in [1.165, 1.54) is 0 Å². The molecule has 2 atom stereocenters. The third-order valence-electron chi connectivity index (χ3n) is 6.66. The average Bonchev–Trinajstić information content (AvgIpc) is 2.94. The Bertz CT molecular complexity index is 822. The SMILES string of the molecule is CC1(C)[C@]2(C)CC[C@]1(C(=O)N(c1ccccc1)c1ccccc1)OC2=O. The number of rotatable bonds is 3. The van der Waals surface area contributed by atoms with Crippen molar-refractivity contribution >= 4 is 23.3 Å². The molecule has 2 aliphatic rings. The summed E-state index contributed by atoms with van der Waals surface area (Å²) in [5, 5.41) is 0. The van der Waals surface area contributed by atoms with Crippen molar-refractivity contribution in [2.45, 2.75) is 39.2 Å². The van der Waals surface area contributed by atoms with Gasteiger partial charge in [0, 0.05) is 16.8 Å². The number of amides is 1. The Labute approximate surface area is 153 Å². The van der Waals surface area contributed by atoms with Crippen molar-refractivity contribution in [2.75, 3.05) is 4.90 Å². The fraction of sp³-hybridized carbons (Fsp3) is 0.364. The Kier molecular flexibility index (Phi) is 3.52. The molecule has 4 heteroatoms. The number of carbonyl (C=O) groups excluding carboxylic acids is 2. The summed E-state index contributed by atoms with van der Waals surface area (Å²) < 4.78 is 5.82. The van der Waals surface area contributed by atoms with E-state index in [0.717, 1.165) is 11.4 Å². The van der Waals surface area contributed by atoms with Gasteiger partial charge in [0.25, 0.3) is 5.91 Å². The molecule has 2 aromatic carbocycles. The number of hydrogen-bond acceptors (Lipinski definition) is 3. The minimum absolute atomic E-state index is 0.172. The maximum atomic E-state index is 13.9. The standard InChI is InChI=1S/C22H23NO3/c1-20(2)21(3)14-15-22(20,26-19(21)25)18(24)23(16-10-6-4-7-11-16)17-12-8-5-9-13-17/h4-13H,14-15H2,1-3H3/t21-,22-/m1/s1. The van der Waals surface area contributed by atoms with Crippen LogP contribution in [0.25, 0.3) is 0 Å². The molecule has 1 aliphatic carbocycles. The number of ether oxygens (including phenoxy) is 1. The molecule has 1 amide bonds. The van der Waals surface area contributed by atoms with Gasteiger partial charge in [-0.2, -0.15) is 0 Å². The Morgan fingerprint density at radius 1 is 0.885 bits per heavy atom. The molecule has 0 unspecified atom stereocenters. The second-order valence-electron chi connectivity index (χ2n) is 7.99. The number of hydrogen-bond donors (Lipinski definition) is 0. The van der Waals surface area contributed by atoms with Crippen LogP contribution in [0.5, 0.6) is 0 Å². The third kappa shape index (κ3) is 1.96. The van der Waals surface area contributed by atoms with Gasteiger partial charge >= 0.3 is 5.97 Å². The predicted octanol–water partition coefficient (Wildman–Crippen LogP) is 4.47. The van der Waals surface area contributed by atoms with Crippen LogP contribution in [-0.4, -0.2) is 17.5 Å². The summed E-state index contributed by atoms with van der Waals surface area (Å²) >= 11 is 0. The van der Waals surface area contributed by atoms with E-state index in [0.29, 0.717) is 12.8 Å². The molecule has 2 bridgehead atoms. The quantitative estimate of drug-likeness (QED) is 0.768. The number of carbonyl (C=O) groups is 2. The molecule has 4 nitrogen and oxygen atoms in total. The van der Waals surface area contributed by atoms with Crippen LogP contribution in [0.1, 0.15) is 33.6 Å². The zero-order valence-electron chi connectivity index (χ0n) is 15.4. The normalized spacial score (nSPS) is 28.7. The maximum Gasteiger partial charge on any atom is 0.313 e. The highest BCUT2D eigenvalue weighted by molar-refractivity contribution is 6.09. The van der Waals surface area contributed by atoms with Gasteiger partial charge < -0.3 is 4.74 Å². The second-order valence-corrected chi connectivity index (χ2v) is 7.99. The highest BCUT2D eigenvalue weighted by Gasteiger charge is 2.76. The minimum atomic E-state index is -1.13. The second kappa shape index (κ2) is 5.44. The van der Waals surface area contributed by atoms with E-state index in [4.69, 9.17) is 4.74 Å². The summed E-state index contributed by atoms with van der Waals surface area (Å²) in [6.07, 6.45) is 1.22. The third-order valence-corrected chi connectivity index (χ3v) is 6.66. The van der Waals surface area contributed by atoms with E-state index in [-0.39, 0.29) is 11.9 Å². The first-order valence-corrected chi connectivity index (χ1v) is 9.02. The van der Waals surface area contributed by atoms with Crippen molar-refractivity contribution in [3.8, 4) is 0 Å². The Hall–Kier alpha value is -2.62. The van der Waals surface area contributed by atoms with E-state index < -0.39 is 16.4 Å². The average molecular weight is 349 g/mol. The number of para-hydroxylation sites is 2. The Morgan fingerprint density at radius 2 is 1.38 bits per heavy atom. The zero-order chi connectivity index (χ0) is 18.6. The van der Waals surface area contributed by atoms with Crippen molar-refractivity contribution in [1.29, 1.82) is 0 Å². The fourth-order valence-electron chi connectivity index (χ4n) is 4.44. The lowest BCUT2D eigenvalue weighted by molar-refractivity contribution is -0.166. The highest BCUT2D eigenvalue weighted by atomic mass is 16.6. The van der Waals surface area contributed by atoms with Gasteiger partial charge in [0.2, 0.25) is 0 Å². The Morgan fingerprint density at radius 3 is 1.77 bits per heavy atom. The van der Waals surface area contributed by atoms with Crippen LogP contribution in [0.2, 0.25) is 0 Å². The monoisotopic (exact) mass is 349 g/mol. The number of esters is 1. The van der Waals surface area contributed by atoms with Crippen LogP contribution in [0, 0.1) is 10.8 Å². The molecule has 0 radical (unpaired) electrons. The first-order valence-electron chi connectivity index (χ1n) is 9.02. The zero-order valence-corrected chi connectivity index (χ0v) is 15.4. The summed E-state index contributed by atoms with van der Waals surface area (Å²) in [5.41, 5.74) is -0.793. The van der Waals surface area contributed by atoms with E-state index in [9.17, 15) is 9.59 Å². The highest BCUT2D eigenvalue weighted by Crippen LogP contribution is 2.66. The van der Waals surface area contributed by atoms with Gasteiger partial charge in [0.05, 0.1) is 5.41 Å². The molecule has 2 aromatic rings. The van der Waals surface area contributed by atoms with Crippen LogP contribution in [-0.2, 0) is 14.3 Å². The number of nitrogens with zero attached hydrogens (tertiary/aromatic N) is 1. The molecule has 1 saturated heterocycles. The van der Waals surface area contributed by atoms with Crippen molar-refractivity contribution in [2.24, 2.45) is 10.8 Å². The van der Waals surface area contributed by atoms with Gasteiger partial charge in [-0.05, 0) is 44.0 Å².